The second-order valence-corrected chi connectivity index (χ2v) is 6.41. The normalized spacial score (nSPS) is 19.8. The summed E-state index contributed by atoms with van der Waals surface area (Å²) in [7, 11) is 0. The molecular formula is C18H24N2O2. The van der Waals surface area contributed by atoms with Crippen molar-refractivity contribution in [3.05, 3.63) is 35.4 Å². The van der Waals surface area contributed by atoms with E-state index in [4.69, 9.17) is 0 Å². The maximum atomic E-state index is 12.4. The first kappa shape index (κ1) is 15.2. The summed E-state index contributed by atoms with van der Waals surface area (Å²) in [5, 5.41) is 0. The molecule has 0 spiro atoms. The lowest BCUT2D eigenvalue weighted by Crippen LogP contribution is -2.40. The molecular weight excluding hydrogens is 276 g/mol. The van der Waals surface area contributed by atoms with Crippen molar-refractivity contribution in [3.63, 3.8) is 0 Å². The van der Waals surface area contributed by atoms with Gasteiger partial charge in [-0.1, -0.05) is 25.5 Å². The van der Waals surface area contributed by atoms with Gasteiger partial charge < -0.3 is 4.90 Å². The van der Waals surface area contributed by atoms with Gasteiger partial charge in [-0.25, -0.2) is 0 Å². The molecule has 2 aliphatic heterocycles. The zero-order valence-corrected chi connectivity index (χ0v) is 13.3. The fourth-order valence-electron chi connectivity index (χ4n) is 3.44. The topological polar surface area (TPSA) is 40.6 Å². The zero-order valence-electron chi connectivity index (χ0n) is 13.3. The number of benzene rings is 1. The van der Waals surface area contributed by atoms with Crippen molar-refractivity contribution in [3.8, 4) is 0 Å². The Kier molecular flexibility index (Phi) is 4.57. The van der Waals surface area contributed by atoms with E-state index in [2.05, 4.69) is 11.8 Å². The number of hydrogen-bond donors (Lipinski definition) is 0. The fraction of sp³-hybridized carbons (Fsp3) is 0.556. The van der Waals surface area contributed by atoms with Gasteiger partial charge in [0, 0.05) is 6.54 Å². The van der Waals surface area contributed by atoms with Crippen molar-refractivity contribution < 1.29 is 9.59 Å². The number of amides is 2. The third kappa shape index (κ3) is 2.93. The van der Waals surface area contributed by atoms with Gasteiger partial charge >= 0.3 is 0 Å². The van der Waals surface area contributed by atoms with Gasteiger partial charge in [0.1, 0.15) is 0 Å². The van der Waals surface area contributed by atoms with Crippen LogP contribution in [-0.2, 0) is 0 Å². The average molecular weight is 300 g/mol. The standard InChI is InChI=1S/C18H24N2O2/c1-2-3-10-19-11-8-14(9-12-19)13-20-17(21)15-6-4-5-7-16(15)18(20)22/h4-7,14H,2-3,8-13H2,1H3. The number of likely N-dealkylation sites (tertiary alicyclic amines) is 1. The van der Waals surface area contributed by atoms with Crippen LogP contribution in [0.15, 0.2) is 24.3 Å². The molecule has 0 aromatic heterocycles. The van der Waals surface area contributed by atoms with E-state index in [9.17, 15) is 9.59 Å². The molecule has 4 heteroatoms. The van der Waals surface area contributed by atoms with Gasteiger partial charge in [0.25, 0.3) is 11.8 Å². The Balaban J connectivity index is 1.57. The molecule has 2 heterocycles. The summed E-state index contributed by atoms with van der Waals surface area (Å²) < 4.78 is 0. The van der Waals surface area contributed by atoms with E-state index in [0.29, 0.717) is 23.6 Å². The molecule has 1 saturated heterocycles. The smallest absolute Gasteiger partial charge is 0.261 e. The van der Waals surface area contributed by atoms with Gasteiger partial charge in [0.05, 0.1) is 11.1 Å². The quantitative estimate of drug-likeness (QED) is 0.785. The third-order valence-corrected chi connectivity index (χ3v) is 4.85. The summed E-state index contributed by atoms with van der Waals surface area (Å²) in [6, 6.07) is 7.14. The molecule has 0 bridgehead atoms. The molecule has 4 nitrogen and oxygen atoms in total. The van der Waals surface area contributed by atoms with Crippen LogP contribution in [0, 0.1) is 5.92 Å². The number of fused-ring (bicyclic) bond motifs is 1. The summed E-state index contributed by atoms with van der Waals surface area (Å²) in [5.41, 5.74) is 1.13. The highest BCUT2D eigenvalue weighted by Crippen LogP contribution is 2.26. The lowest BCUT2D eigenvalue weighted by Gasteiger charge is -2.33. The van der Waals surface area contributed by atoms with Crippen LogP contribution in [0.4, 0.5) is 0 Å². The highest BCUT2D eigenvalue weighted by molar-refractivity contribution is 6.21. The number of unbranched alkanes of at least 4 members (excludes halogenated alkanes) is 1. The van der Waals surface area contributed by atoms with E-state index in [0.717, 1.165) is 25.9 Å². The van der Waals surface area contributed by atoms with Gasteiger partial charge in [0.2, 0.25) is 0 Å². The minimum absolute atomic E-state index is 0.117. The molecule has 3 rings (SSSR count). The number of carbonyl (C=O) groups is 2. The van der Waals surface area contributed by atoms with Crippen LogP contribution in [0.1, 0.15) is 53.3 Å². The number of imide groups is 1. The van der Waals surface area contributed by atoms with Crippen LogP contribution in [-0.4, -0.2) is 47.8 Å². The Morgan fingerprint density at radius 3 is 2.18 bits per heavy atom. The van der Waals surface area contributed by atoms with Crippen molar-refractivity contribution in [1.29, 1.82) is 0 Å². The summed E-state index contributed by atoms with van der Waals surface area (Å²) in [6.45, 7) is 6.15. The maximum absolute atomic E-state index is 12.4. The van der Waals surface area contributed by atoms with Crippen molar-refractivity contribution in [2.45, 2.75) is 32.6 Å². The SMILES string of the molecule is CCCCN1CCC(CN2C(=O)c3ccccc3C2=O)CC1. The molecule has 2 aliphatic rings. The van der Waals surface area contributed by atoms with Crippen LogP contribution >= 0.6 is 0 Å². The van der Waals surface area contributed by atoms with Gasteiger partial charge in [0.15, 0.2) is 0 Å². The summed E-state index contributed by atoms with van der Waals surface area (Å²) in [5.74, 6) is 0.211. The molecule has 0 saturated carbocycles. The van der Waals surface area contributed by atoms with Crippen LogP contribution in [0.25, 0.3) is 0 Å². The molecule has 2 amide bonds. The Morgan fingerprint density at radius 2 is 1.64 bits per heavy atom. The lowest BCUT2D eigenvalue weighted by molar-refractivity contribution is 0.0598. The van der Waals surface area contributed by atoms with Crippen LogP contribution in [0.3, 0.4) is 0 Å². The Labute approximate surface area is 132 Å². The summed E-state index contributed by atoms with van der Waals surface area (Å²) >= 11 is 0. The number of carbonyl (C=O) groups excluding carboxylic acids is 2. The Morgan fingerprint density at radius 1 is 1.05 bits per heavy atom. The molecule has 22 heavy (non-hydrogen) atoms. The molecule has 0 unspecified atom stereocenters. The van der Waals surface area contributed by atoms with Crippen LogP contribution < -0.4 is 0 Å². The van der Waals surface area contributed by atoms with Gasteiger partial charge in [-0.3, -0.25) is 14.5 Å². The minimum Gasteiger partial charge on any atom is -0.303 e. The third-order valence-electron chi connectivity index (χ3n) is 4.85. The first-order chi connectivity index (χ1) is 10.7. The van der Waals surface area contributed by atoms with Crippen molar-refractivity contribution in [2.75, 3.05) is 26.2 Å². The predicted octanol–water partition coefficient (Wildman–Crippen LogP) is 2.79. The highest BCUT2D eigenvalue weighted by Gasteiger charge is 2.36. The van der Waals surface area contributed by atoms with E-state index in [-0.39, 0.29) is 11.8 Å². The van der Waals surface area contributed by atoms with Gasteiger partial charge in [-0.05, 0) is 56.9 Å². The van der Waals surface area contributed by atoms with Crippen LogP contribution in [0.2, 0.25) is 0 Å². The van der Waals surface area contributed by atoms with Crippen molar-refractivity contribution in [1.82, 2.24) is 9.80 Å². The molecule has 0 aliphatic carbocycles. The second kappa shape index (κ2) is 6.61. The zero-order chi connectivity index (χ0) is 15.5. The Hall–Kier alpha value is -1.68. The van der Waals surface area contributed by atoms with E-state index < -0.39 is 0 Å². The number of hydrogen-bond acceptors (Lipinski definition) is 3. The van der Waals surface area contributed by atoms with E-state index >= 15 is 0 Å². The largest absolute Gasteiger partial charge is 0.303 e. The summed E-state index contributed by atoms with van der Waals surface area (Å²) in [6.07, 6.45) is 4.65. The first-order valence-electron chi connectivity index (χ1n) is 8.38. The lowest BCUT2D eigenvalue weighted by atomic mass is 9.96. The number of rotatable bonds is 5. The highest BCUT2D eigenvalue weighted by atomic mass is 16.2. The second-order valence-electron chi connectivity index (χ2n) is 6.41. The van der Waals surface area contributed by atoms with Crippen molar-refractivity contribution >= 4 is 11.8 Å². The molecule has 118 valence electrons. The summed E-state index contributed by atoms with van der Waals surface area (Å²) in [4.78, 5) is 28.7. The van der Waals surface area contributed by atoms with Crippen LogP contribution in [0.5, 0.6) is 0 Å². The number of nitrogens with zero attached hydrogens (tertiary/aromatic N) is 2. The van der Waals surface area contributed by atoms with Gasteiger partial charge in [-0.2, -0.15) is 0 Å². The minimum atomic E-state index is -0.117. The Bertz CT molecular complexity index is 527. The van der Waals surface area contributed by atoms with E-state index in [1.165, 1.54) is 24.3 Å². The fourth-order valence-corrected chi connectivity index (χ4v) is 3.44. The molecule has 1 aromatic rings. The van der Waals surface area contributed by atoms with Gasteiger partial charge in [-0.15, -0.1) is 0 Å². The van der Waals surface area contributed by atoms with E-state index in [1.54, 1.807) is 12.1 Å². The maximum Gasteiger partial charge on any atom is 0.261 e. The first-order valence-corrected chi connectivity index (χ1v) is 8.38. The average Bonchev–Trinajstić information content (AvgIpc) is 2.80. The predicted molar refractivity (Wildman–Crippen MR) is 85.9 cm³/mol. The molecule has 0 atom stereocenters. The van der Waals surface area contributed by atoms with E-state index in [1.807, 2.05) is 12.1 Å². The molecule has 0 N–H and O–H groups in total. The monoisotopic (exact) mass is 300 g/mol. The molecule has 1 aromatic carbocycles. The molecule has 1 fully saturated rings. The van der Waals surface area contributed by atoms with Crippen molar-refractivity contribution in [2.24, 2.45) is 5.92 Å². The number of piperidine rings is 1. The molecule has 0 radical (unpaired) electrons.